The standard InChI is InChI=1S/C28H32ClN5O3/c1-27(2)25(28(3,4)26(27)37-22-13-10-19(16-30)23(29)15-22)31-24(35)18-8-11-21(12-9-18)34-17-20(32-33-34)7-6-14-36-5/h8-13,15,17,25-26H,6-7,14H2,1-5H3,(H,31,35)/t25-,26-. The van der Waals surface area contributed by atoms with Gasteiger partial charge in [-0.15, -0.1) is 5.10 Å². The molecule has 0 radical (unpaired) electrons. The van der Waals surface area contributed by atoms with Crippen molar-refractivity contribution in [1.29, 1.82) is 5.26 Å². The molecule has 194 valence electrons. The number of hydrogen-bond acceptors (Lipinski definition) is 6. The molecule has 0 saturated heterocycles. The first-order valence-corrected chi connectivity index (χ1v) is 12.6. The molecule has 0 unspecified atom stereocenters. The van der Waals surface area contributed by atoms with Crippen LogP contribution in [-0.4, -0.2) is 46.8 Å². The quantitative estimate of drug-likeness (QED) is 0.398. The first kappa shape index (κ1) is 26.6. The van der Waals surface area contributed by atoms with Crippen LogP contribution >= 0.6 is 11.6 Å². The molecule has 1 aliphatic rings. The molecule has 2 aromatic carbocycles. The van der Waals surface area contributed by atoms with Gasteiger partial charge in [-0.25, -0.2) is 4.68 Å². The van der Waals surface area contributed by atoms with E-state index in [1.165, 1.54) is 0 Å². The highest BCUT2D eigenvalue weighted by Crippen LogP contribution is 2.55. The molecule has 3 aromatic rings. The summed E-state index contributed by atoms with van der Waals surface area (Å²) in [6, 6.07) is 14.3. The SMILES string of the molecule is COCCCc1cn(-c2ccc(C(=O)N[C@H]3C(C)(C)[C@H](Oc4ccc(C#N)c(Cl)c4)C3(C)C)cc2)nn1. The van der Waals surface area contributed by atoms with Crippen LogP contribution in [0.3, 0.4) is 0 Å². The summed E-state index contributed by atoms with van der Waals surface area (Å²) < 4.78 is 13.1. The molecule has 1 saturated carbocycles. The Balaban J connectivity index is 1.41. The van der Waals surface area contributed by atoms with E-state index in [4.69, 9.17) is 26.3 Å². The van der Waals surface area contributed by atoms with Gasteiger partial charge in [-0.05, 0) is 49.2 Å². The van der Waals surface area contributed by atoms with Crippen LogP contribution in [0.25, 0.3) is 5.69 Å². The van der Waals surface area contributed by atoms with E-state index in [2.05, 4.69) is 49.4 Å². The van der Waals surface area contributed by atoms with Gasteiger partial charge in [-0.2, -0.15) is 5.26 Å². The van der Waals surface area contributed by atoms with E-state index in [1.54, 1.807) is 42.1 Å². The molecule has 0 spiro atoms. The van der Waals surface area contributed by atoms with Gasteiger partial charge in [-0.1, -0.05) is 44.5 Å². The number of rotatable bonds is 9. The summed E-state index contributed by atoms with van der Waals surface area (Å²) in [6.45, 7) is 9.00. The number of carbonyl (C=O) groups is 1. The fraction of sp³-hybridized carbons (Fsp3) is 0.429. The molecule has 1 fully saturated rings. The molecule has 1 aliphatic carbocycles. The van der Waals surface area contributed by atoms with Crippen LogP contribution in [0.15, 0.2) is 48.7 Å². The van der Waals surface area contributed by atoms with Crippen LogP contribution < -0.4 is 10.1 Å². The van der Waals surface area contributed by atoms with Gasteiger partial charge in [-0.3, -0.25) is 4.79 Å². The first-order valence-electron chi connectivity index (χ1n) is 12.3. The van der Waals surface area contributed by atoms with Crippen LogP contribution in [0.4, 0.5) is 0 Å². The van der Waals surface area contributed by atoms with Crippen molar-refractivity contribution in [3.8, 4) is 17.5 Å². The number of carbonyl (C=O) groups excluding carboxylic acids is 1. The van der Waals surface area contributed by atoms with E-state index in [0.29, 0.717) is 28.5 Å². The summed E-state index contributed by atoms with van der Waals surface area (Å²) >= 11 is 6.19. The molecular formula is C28H32ClN5O3. The van der Waals surface area contributed by atoms with E-state index >= 15 is 0 Å². The zero-order chi connectivity index (χ0) is 26.8. The molecule has 37 heavy (non-hydrogen) atoms. The third-order valence-electron chi connectivity index (χ3n) is 7.15. The van der Waals surface area contributed by atoms with Crippen molar-refractivity contribution in [2.75, 3.05) is 13.7 Å². The van der Waals surface area contributed by atoms with Crippen molar-refractivity contribution >= 4 is 17.5 Å². The molecule has 0 atom stereocenters. The number of aromatic nitrogens is 3. The summed E-state index contributed by atoms with van der Waals surface area (Å²) in [5, 5.41) is 21.1. The number of ether oxygens (including phenoxy) is 2. The number of nitrogens with zero attached hydrogens (tertiary/aromatic N) is 4. The van der Waals surface area contributed by atoms with E-state index in [9.17, 15) is 4.79 Å². The predicted molar refractivity (Wildman–Crippen MR) is 141 cm³/mol. The summed E-state index contributed by atoms with van der Waals surface area (Å²) in [5.41, 5.74) is 2.04. The van der Waals surface area contributed by atoms with Crippen molar-refractivity contribution in [3.05, 3.63) is 70.5 Å². The van der Waals surface area contributed by atoms with E-state index in [0.717, 1.165) is 24.2 Å². The lowest BCUT2D eigenvalue weighted by molar-refractivity contribution is -0.164. The summed E-state index contributed by atoms with van der Waals surface area (Å²) in [4.78, 5) is 13.2. The highest BCUT2D eigenvalue weighted by molar-refractivity contribution is 6.31. The second kappa shape index (κ2) is 10.5. The van der Waals surface area contributed by atoms with Gasteiger partial charge in [0.2, 0.25) is 0 Å². The molecule has 0 aliphatic heterocycles. The third-order valence-corrected chi connectivity index (χ3v) is 7.46. The normalized spacial score (nSPS) is 19.5. The van der Waals surface area contributed by atoms with Gasteiger partial charge < -0.3 is 14.8 Å². The molecule has 9 heteroatoms. The zero-order valence-electron chi connectivity index (χ0n) is 21.8. The molecule has 0 bridgehead atoms. The van der Waals surface area contributed by atoms with Gasteiger partial charge in [0.15, 0.2) is 0 Å². The first-order chi connectivity index (χ1) is 17.6. The van der Waals surface area contributed by atoms with Crippen LogP contribution in [0.2, 0.25) is 5.02 Å². The van der Waals surface area contributed by atoms with E-state index in [1.807, 2.05) is 18.3 Å². The molecule has 1 aromatic heterocycles. The van der Waals surface area contributed by atoms with Crippen LogP contribution in [0.5, 0.6) is 5.75 Å². The van der Waals surface area contributed by atoms with Crippen LogP contribution in [0, 0.1) is 22.2 Å². The summed E-state index contributed by atoms with van der Waals surface area (Å²) in [7, 11) is 1.68. The van der Waals surface area contributed by atoms with Gasteiger partial charge in [0, 0.05) is 42.2 Å². The number of amides is 1. The van der Waals surface area contributed by atoms with Crippen LogP contribution in [-0.2, 0) is 11.2 Å². The van der Waals surface area contributed by atoms with Crippen molar-refractivity contribution < 1.29 is 14.3 Å². The van der Waals surface area contributed by atoms with E-state index < -0.39 is 0 Å². The summed E-state index contributed by atoms with van der Waals surface area (Å²) in [5.74, 6) is 0.460. The Morgan fingerprint density at radius 1 is 1.16 bits per heavy atom. The Morgan fingerprint density at radius 3 is 2.49 bits per heavy atom. The predicted octanol–water partition coefficient (Wildman–Crippen LogP) is 4.98. The number of halogens is 1. The molecule has 8 nitrogen and oxygen atoms in total. The maximum absolute atomic E-state index is 13.2. The number of methoxy groups -OCH3 is 1. The van der Waals surface area contributed by atoms with Gasteiger partial charge >= 0.3 is 0 Å². The molecule has 1 heterocycles. The zero-order valence-corrected chi connectivity index (χ0v) is 22.5. The Kier molecular flexibility index (Phi) is 7.58. The molecular weight excluding hydrogens is 490 g/mol. The van der Waals surface area contributed by atoms with E-state index in [-0.39, 0.29) is 28.9 Å². The fourth-order valence-electron chi connectivity index (χ4n) is 5.51. The monoisotopic (exact) mass is 521 g/mol. The molecule has 1 N–H and O–H groups in total. The number of benzene rings is 2. The lowest BCUT2D eigenvalue weighted by Gasteiger charge is -2.63. The average molecular weight is 522 g/mol. The minimum Gasteiger partial charge on any atom is -0.489 e. The average Bonchev–Trinajstić information content (AvgIpc) is 3.34. The highest BCUT2D eigenvalue weighted by Gasteiger charge is 2.64. The Hall–Kier alpha value is -3.41. The molecule has 1 amide bonds. The number of hydrogen-bond donors (Lipinski definition) is 1. The maximum atomic E-state index is 13.2. The molecule has 4 rings (SSSR count). The van der Waals surface area contributed by atoms with Crippen LogP contribution in [0.1, 0.15) is 55.7 Å². The second-order valence-corrected chi connectivity index (χ2v) is 11.0. The third kappa shape index (κ3) is 5.34. The smallest absolute Gasteiger partial charge is 0.251 e. The lowest BCUT2D eigenvalue weighted by Crippen LogP contribution is -2.74. The number of nitriles is 1. The highest BCUT2D eigenvalue weighted by atomic mass is 35.5. The van der Waals surface area contributed by atoms with Gasteiger partial charge in [0.05, 0.1) is 28.2 Å². The van der Waals surface area contributed by atoms with Crippen molar-refractivity contribution in [1.82, 2.24) is 20.3 Å². The number of aryl methyl sites for hydroxylation is 1. The fourth-order valence-corrected chi connectivity index (χ4v) is 5.73. The number of nitrogens with one attached hydrogen (secondary N) is 1. The van der Waals surface area contributed by atoms with Crippen molar-refractivity contribution in [2.45, 2.75) is 52.7 Å². The second-order valence-electron chi connectivity index (χ2n) is 10.6. The lowest BCUT2D eigenvalue weighted by atomic mass is 9.49. The Morgan fingerprint density at radius 2 is 1.86 bits per heavy atom. The van der Waals surface area contributed by atoms with Gasteiger partial charge in [0.1, 0.15) is 17.9 Å². The summed E-state index contributed by atoms with van der Waals surface area (Å²) in [6.07, 6.45) is 3.41. The van der Waals surface area contributed by atoms with Gasteiger partial charge in [0.25, 0.3) is 5.91 Å². The minimum absolute atomic E-state index is 0.115. The Labute approximate surface area is 222 Å². The van der Waals surface area contributed by atoms with Crippen molar-refractivity contribution in [3.63, 3.8) is 0 Å². The minimum atomic E-state index is -0.334. The van der Waals surface area contributed by atoms with Crippen molar-refractivity contribution in [2.24, 2.45) is 10.8 Å². The topological polar surface area (TPSA) is 102 Å². The largest absolute Gasteiger partial charge is 0.489 e. The maximum Gasteiger partial charge on any atom is 0.251 e. The Bertz CT molecular complexity index is 1290.